The Morgan fingerprint density at radius 2 is 1.08 bits per heavy atom. The van der Waals surface area contributed by atoms with Gasteiger partial charge in [0, 0.05) is 11.3 Å². The fourth-order valence-corrected chi connectivity index (χ4v) is 3.83. The average molecular weight is 354 g/mol. The summed E-state index contributed by atoms with van der Waals surface area (Å²) in [6, 6.07) is 14.4. The van der Waals surface area contributed by atoms with Crippen LogP contribution in [0.25, 0.3) is 22.3 Å². The smallest absolute Gasteiger partial charge is 0.258 e. The Morgan fingerprint density at radius 1 is 0.720 bits per heavy atom. The summed E-state index contributed by atoms with van der Waals surface area (Å²) in [5, 5.41) is 22.8. The minimum Gasteiger partial charge on any atom is -0.258 e. The second kappa shape index (κ2) is 6.45. The number of thiophene rings is 1. The van der Waals surface area contributed by atoms with Crippen LogP contribution < -0.4 is 0 Å². The number of rotatable bonds is 4. The molecule has 0 saturated heterocycles. The lowest BCUT2D eigenvalue weighted by molar-refractivity contribution is -0.382. The molecule has 0 aliphatic carbocycles. The fraction of sp³-hybridized carbons (Fsp3) is 0.111. The zero-order chi connectivity index (χ0) is 18.1. The molecule has 0 atom stereocenters. The van der Waals surface area contributed by atoms with Crippen LogP contribution in [-0.4, -0.2) is 9.85 Å². The fourth-order valence-electron chi connectivity index (χ4n) is 2.87. The molecule has 0 unspecified atom stereocenters. The summed E-state index contributed by atoms with van der Waals surface area (Å²) < 4.78 is 0. The third-order valence-electron chi connectivity index (χ3n) is 4.03. The van der Waals surface area contributed by atoms with E-state index in [0.717, 1.165) is 11.1 Å². The van der Waals surface area contributed by atoms with Crippen LogP contribution in [0.1, 0.15) is 11.1 Å². The first-order valence-corrected chi connectivity index (χ1v) is 8.31. The second-order valence-electron chi connectivity index (χ2n) is 5.61. The molecule has 6 nitrogen and oxygen atoms in total. The molecule has 3 rings (SSSR count). The van der Waals surface area contributed by atoms with Gasteiger partial charge in [0.05, 0.1) is 21.0 Å². The monoisotopic (exact) mass is 354 g/mol. The number of hydrogen-bond acceptors (Lipinski definition) is 5. The first-order valence-electron chi connectivity index (χ1n) is 7.49. The van der Waals surface area contributed by atoms with Crippen LogP contribution in [-0.2, 0) is 0 Å². The lowest BCUT2D eigenvalue weighted by atomic mass is 9.92. The first kappa shape index (κ1) is 16.8. The highest BCUT2D eigenvalue weighted by molar-refractivity contribution is 7.19. The third kappa shape index (κ3) is 2.89. The maximum absolute atomic E-state index is 11.6. The van der Waals surface area contributed by atoms with E-state index < -0.39 is 9.85 Å². The van der Waals surface area contributed by atoms with Crippen LogP contribution in [0.15, 0.2) is 48.5 Å². The van der Waals surface area contributed by atoms with E-state index >= 15 is 0 Å². The maximum Gasteiger partial charge on any atom is 0.338 e. The van der Waals surface area contributed by atoms with E-state index in [4.69, 9.17) is 0 Å². The van der Waals surface area contributed by atoms with Crippen molar-refractivity contribution < 1.29 is 9.85 Å². The summed E-state index contributed by atoms with van der Waals surface area (Å²) >= 11 is 0.611. The second-order valence-corrected chi connectivity index (χ2v) is 6.58. The Hall–Kier alpha value is -3.06. The Balaban J connectivity index is 2.48. The molecule has 1 aromatic heterocycles. The molecule has 0 amide bonds. The van der Waals surface area contributed by atoms with Crippen molar-refractivity contribution in [3.8, 4) is 22.3 Å². The van der Waals surface area contributed by atoms with Gasteiger partial charge in [0.15, 0.2) is 0 Å². The molecule has 0 fully saturated rings. The third-order valence-corrected chi connectivity index (χ3v) is 5.12. The van der Waals surface area contributed by atoms with Gasteiger partial charge in [-0.05, 0) is 36.1 Å². The van der Waals surface area contributed by atoms with Gasteiger partial charge in [0.25, 0.3) is 0 Å². The lowest BCUT2D eigenvalue weighted by Crippen LogP contribution is -1.93. The summed E-state index contributed by atoms with van der Waals surface area (Å²) in [4.78, 5) is 22.1. The van der Waals surface area contributed by atoms with Gasteiger partial charge in [0.2, 0.25) is 0 Å². The van der Waals surface area contributed by atoms with Gasteiger partial charge in [0.1, 0.15) is 0 Å². The molecule has 0 saturated carbocycles. The molecular formula is C18H14N2O4S. The van der Waals surface area contributed by atoms with E-state index in [0.29, 0.717) is 33.6 Å². The van der Waals surface area contributed by atoms with Crippen molar-refractivity contribution in [2.75, 3.05) is 0 Å². The van der Waals surface area contributed by atoms with E-state index in [1.54, 1.807) is 24.3 Å². The van der Waals surface area contributed by atoms with E-state index in [2.05, 4.69) is 0 Å². The summed E-state index contributed by atoms with van der Waals surface area (Å²) in [5.74, 6) is 0. The van der Waals surface area contributed by atoms with Crippen LogP contribution in [0.2, 0.25) is 0 Å². The highest BCUT2D eigenvalue weighted by Crippen LogP contribution is 2.52. The summed E-state index contributed by atoms with van der Waals surface area (Å²) in [7, 11) is 0. The van der Waals surface area contributed by atoms with Crippen molar-refractivity contribution >= 4 is 21.3 Å². The maximum atomic E-state index is 11.6. The molecule has 126 valence electrons. The number of hydrogen-bond donors (Lipinski definition) is 0. The molecule has 0 aliphatic heterocycles. The van der Waals surface area contributed by atoms with Gasteiger partial charge < -0.3 is 0 Å². The van der Waals surface area contributed by atoms with Gasteiger partial charge >= 0.3 is 10.0 Å². The van der Waals surface area contributed by atoms with Crippen LogP contribution in [0.5, 0.6) is 0 Å². The Bertz CT molecular complexity index is 916. The molecule has 3 aromatic rings. The Kier molecular flexibility index (Phi) is 4.33. The van der Waals surface area contributed by atoms with E-state index in [1.165, 1.54) is 0 Å². The molecule has 0 bridgehead atoms. The van der Waals surface area contributed by atoms with E-state index in [1.807, 2.05) is 38.1 Å². The molecule has 25 heavy (non-hydrogen) atoms. The molecule has 1 heterocycles. The SMILES string of the molecule is Cc1ccccc1-c1c([N+](=O)[O-])sc([N+](=O)[O-])c1-c1ccccc1C. The largest absolute Gasteiger partial charge is 0.338 e. The molecule has 0 radical (unpaired) electrons. The molecule has 0 aliphatic rings. The zero-order valence-corrected chi connectivity index (χ0v) is 14.4. The zero-order valence-electron chi connectivity index (χ0n) is 13.6. The van der Waals surface area contributed by atoms with Gasteiger partial charge in [-0.2, -0.15) is 0 Å². The molecule has 2 aromatic carbocycles. The molecular weight excluding hydrogens is 340 g/mol. The summed E-state index contributed by atoms with van der Waals surface area (Å²) in [5.41, 5.74) is 3.55. The Labute approximate surface area is 147 Å². The minimum atomic E-state index is -0.540. The molecule has 0 spiro atoms. The van der Waals surface area contributed by atoms with Crippen LogP contribution >= 0.6 is 11.3 Å². The van der Waals surface area contributed by atoms with E-state index in [9.17, 15) is 20.2 Å². The molecule has 0 N–H and O–H groups in total. The quantitative estimate of drug-likeness (QED) is 0.456. The van der Waals surface area contributed by atoms with Crippen molar-refractivity contribution in [3.05, 3.63) is 79.9 Å². The van der Waals surface area contributed by atoms with Gasteiger partial charge in [-0.3, -0.25) is 20.2 Å². The highest BCUT2D eigenvalue weighted by atomic mass is 32.1. The number of aryl methyl sites for hydroxylation is 2. The summed E-state index contributed by atoms with van der Waals surface area (Å²) in [6.07, 6.45) is 0. The number of nitro groups is 2. The summed E-state index contributed by atoms with van der Waals surface area (Å²) in [6.45, 7) is 3.67. The van der Waals surface area contributed by atoms with E-state index in [-0.39, 0.29) is 10.0 Å². The Morgan fingerprint density at radius 3 is 1.40 bits per heavy atom. The standard InChI is InChI=1S/C18H14N2O4S/c1-11-7-3-5-9-13(11)15-16(14-10-6-4-8-12(14)2)18(20(23)24)25-17(15)19(21)22/h3-10H,1-2H3. The van der Waals surface area contributed by atoms with Crippen molar-refractivity contribution in [2.45, 2.75) is 13.8 Å². The lowest BCUT2D eigenvalue weighted by Gasteiger charge is -2.09. The van der Waals surface area contributed by atoms with Gasteiger partial charge in [-0.1, -0.05) is 48.5 Å². The minimum absolute atomic E-state index is 0.209. The van der Waals surface area contributed by atoms with Gasteiger partial charge in [-0.15, -0.1) is 0 Å². The predicted molar refractivity (Wildman–Crippen MR) is 98.0 cm³/mol. The average Bonchev–Trinajstić information content (AvgIpc) is 2.96. The first-order chi connectivity index (χ1) is 11.9. The molecule has 7 heteroatoms. The van der Waals surface area contributed by atoms with Crippen molar-refractivity contribution in [3.63, 3.8) is 0 Å². The van der Waals surface area contributed by atoms with Crippen molar-refractivity contribution in [1.82, 2.24) is 0 Å². The van der Waals surface area contributed by atoms with Gasteiger partial charge in [-0.25, -0.2) is 0 Å². The topological polar surface area (TPSA) is 86.3 Å². The van der Waals surface area contributed by atoms with Crippen molar-refractivity contribution in [1.29, 1.82) is 0 Å². The normalized spacial score (nSPS) is 10.6. The van der Waals surface area contributed by atoms with Crippen LogP contribution in [0, 0.1) is 34.1 Å². The van der Waals surface area contributed by atoms with Crippen LogP contribution in [0.3, 0.4) is 0 Å². The highest BCUT2D eigenvalue weighted by Gasteiger charge is 2.35. The van der Waals surface area contributed by atoms with Crippen molar-refractivity contribution in [2.24, 2.45) is 0 Å². The number of benzene rings is 2. The van der Waals surface area contributed by atoms with Crippen LogP contribution in [0.4, 0.5) is 10.0 Å². The predicted octanol–water partition coefficient (Wildman–Crippen LogP) is 5.52. The number of nitrogens with zero attached hydrogens (tertiary/aromatic N) is 2.